The number of fused-ring (bicyclic) bond motifs is 1. The Bertz CT molecular complexity index is 841. The van der Waals surface area contributed by atoms with Crippen molar-refractivity contribution >= 4 is 36.2 Å². The molecule has 1 aromatic carbocycles. The lowest BCUT2D eigenvalue weighted by Crippen LogP contribution is -2.36. The van der Waals surface area contributed by atoms with Gasteiger partial charge in [-0.05, 0) is 32.9 Å². The van der Waals surface area contributed by atoms with E-state index < -0.39 is 19.8 Å². The van der Waals surface area contributed by atoms with Crippen molar-refractivity contribution in [3.63, 3.8) is 0 Å². The molecule has 140 valence electrons. The number of para-hydroxylation sites is 1. The van der Waals surface area contributed by atoms with E-state index in [1.54, 1.807) is 4.57 Å². The molecule has 26 heavy (non-hydrogen) atoms. The second kappa shape index (κ2) is 7.64. The van der Waals surface area contributed by atoms with E-state index in [1.807, 2.05) is 51.1 Å². The third-order valence-corrected chi connectivity index (χ3v) is 10.7. The van der Waals surface area contributed by atoms with Crippen LogP contribution in [0.4, 0.5) is 4.79 Å². The minimum atomic E-state index is -2.02. The Morgan fingerprint density at radius 3 is 2.19 bits per heavy atom. The molecule has 1 aromatic heterocycles. The molecular weight excluding hydrogens is 342 g/mol. The van der Waals surface area contributed by atoms with Crippen LogP contribution < -0.4 is 0 Å². The topological polar surface area (TPSA) is 48.3 Å². The van der Waals surface area contributed by atoms with Gasteiger partial charge in [0.15, 0.2) is 0 Å². The minimum absolute atomic E-state index is 0.451. The van der Waals surface area contributed by atoms with Gasteiger partial charge in [-0.25, -0.2) is 14.2 Å². The molecule has 0 aliphatic heterocycles. The van der Waals surface area contributed by atoms with Crippen LogP contribution in [-0.2, 0) is 9.53 Å². The van der Waals surface area contributed by atoms with Crippen LogP contribution in [0.25, 0.3) is 16.1 Å². The zero-order valence-corrected chi connectivity index (χ0v) is 17.7. The molecule has 0 atom stereocenters. The third kappa shape index (κ3) is 3.69. The lowest BCUT2D eigenvalue weighted by Gasteiger charge is -2.29. The maximum atomic E-state index is 13.0. The first-order valence-corrected chi connectivity index (χ1v) is 11.9. The van der Waals surface area contributed by atoms with Crippen LogP contribution in [0.2, 0.25) is 18.1 Å². The van der Waals surface area contributed by atoms with Gasteiger partial charge in [0, 0.05) is 10.6 Å². The number of hydrogen-bond donors (Lipinski definition) is 0. The molecule has 0 aliphatic carbocycles. The predicted molar refractivity (Wildman–Crippen MR) is 110 cm³/mol. The van der Waals surface area contributed by atoms with Gasteiger partial charge in [0.05, 0.1) is 11.2 Å². The van der Waals surface area contributed by atoms with E-state index in [2.05, 4.69) is 26.7 Å². The number of nitrogens with zero attached hydrogens (tertiary/aromatic N) is 1. The van der Waals surface area contributed by atoms with E-state index in [9.17, 15) is 9.59 Å². The fourth-order valence-electron chi connectivity index (χ4n) is 3.56. The Morgan fingerprint density at radius 2 is 1.69 bits per heavy atom. The molecule has 0 unspecified atom stereocenters. The van der Waals surface area contributed by atoms with E-state index >= 15 is 0 Å². The van der Waals surface area contributed by atoms with Crippen LogP contribution in [0.3, 0.4) is 0 Å². The van der Waals surface area contributed by atoms with Gasteiger partial charge in [0.1, 0.15) is 19.6 Å². The summed E-state index contributed by atoms with van der Waals surface area (Å²) in [5.74, 6) is 2.23. The summed E-state index contributed by atoms with van der Waals surface area (Å²) in [7, 11) is -2.02. The molecule has 0 radical (unpaired) electrons. The average Bonchev–Trinajstić information content (AvgIpc) is 2.97. The monoisotopic (exact) mass is 371 g/mol. The Kier molecular flexibility index (Phi) is 5.94. The van der Waals surface area contributed by atoms with Gasteiger partial charge in [-0.3, -0.25) is 0 Å². The number of benzene rings is 1. The van der Waals surface area contributed by atoms with Crippen molar-refractivity contribution in [2.75, 3.05) is 0 Å². The van der Waals surface area contributed by atoms with Crippen molar-refractivity contribution in [2.24, 2.45) is 0 Å². The maximum absolute atomic E-state index is 13.0. The van der Waals surface area contributed by atoms with Crippen LogP contribution in [0.15, 0.2) is 30.3 Å². The van der Waals surface area contributed by atoms with Gasteiger partial charge in [-0.2, -0.15) is 0 Å². The van der Waals surface area contributed by atoms with E-state index in [1.165, 1.54) is 0 Å². The standard InChI is InChI=1S/C21H29NO3Si/c1-7-26(8-2,9-3)19(15-23)18-14-16-12-10-11-13-17(16)22(18)20(24)25-21(4,5)6/h10-14H,7-9H2,1-6H3. The van der Waals surface area contributed by atoms with Crippen LogP contribution >= 0.6 is 0 Å². The SMILES string of the molecule is CC[Si](CC)(CC)C(=C=O)c1cc2ccccc2n1C(=O)OC(C)(C)C. The van der Waals surface area contributed by atoms with Crippen LogP contribution in [0, 0.1) is 0 Å². The predicted octanol–water partition coefficient (Wildman–Crippen LogP) is 5.69. The van der Waals surface area contributed by atoms with Crippen molar-refractivity contribution in [1.29, 1.82) is 0 Å². The fraction of sp³-hybridized carbons (Fsp3) is 0.476. The average molecular weight is 372 g/mol. The summed E-state index contributed by atoms with van der Waals surface area (Å²) in [6.45, 7) is 11.9. The summed E-state index contributed by atoms with van der Waals surface area (Å²) >= 11 is 0. The van der Waals surface area contributed by atoms with Gasteiger partial charge in [-0.15, -0.1) is 0 Å². The molecular formula is C21H29NO3Si. The number of carbonyl (C=O) groups excluding carboxylic acids is 2. The zero-order chi connectivity index (χ0) is 19.5. The molecule has 0 amide bonds. The number of hydrogen-bond acceptors (Lipinski definition) is 3. The Morgan fingerprint density at radius 1 is 1.12 bits per heavy atom. The van der Waals surface area contributed by atoms with Crippen molar-refractivity contribution in [2.45, 2.75) is 65.3 Å². The smallest absolute Gasteiger partial charge is 0.419 e. The summed E-state index contributed by atoms with van der Waals surface area (Å²) in [5.41, 5.74) is 0.794. The molecule has 1 heterocycles. The molecule has 0 saturated heterocycles. The molecule has 0 bridgehead atoms. The van der Waals surface area contributed by atoms with E-state index in [0.717, 1.165) is 29.0 Å². The summed E-state index contributed by atoms with van der Waals surface area (Å²) in [6, 6.07) is 12.4. The Balaban J connectivity index is 2.76. The second-order valence-corrected chi connectivity index (χ2v) is 12.9. The number of carbonyl (C=O) groups is 1. The van der Waals surface area contributed by atoms with Crippen molar-refractivity contribution in [3.05, 3.63) is 36.0 Å². The highest BCUT2D eigenvalue weighted by atomic mass is 28.3. The maximum Gasteiger partial charge on any atom is 0.419 e. The lowest BCUT2D eigenvalue weighted by atomic mass is 10.2. The molecule has 4 nitrogen and oxygen atoms in total. The summed E-state index contributed by atoms with van der Waals surface area (Å²) in [6.07, 6.45) is -0.451. The molecule has 5 heteroatoms. The van der Waals surface area contributed by atoms with Gasteiger partial charge in [0.2, 0.25) is 0 Å². The zero-order valence-electron chi connectivity index (χ0n) is 16.7. The Hall–Kier alpha value is -2.10. The van der Waals surface area contributed by atoms with Crippen molar-refractivity contribution < 1.29 is 14.3 Å². The normalized spacial score (nSPS) is 12.1. The van der Waals surface area contributed by atoms with E-state index in [0.29, 0.717) is 10.9 Å². The summed E-state index contributed by atoms with van der Waals surface area (Å²) in [4.78, 5) is 25.1. The molecule has 0 fully saturated rings. The highest BCUT2D eigenvalue weighted by Crippen LogP contribution is 2.36. The first-order valence-electron chi connectivity index (χ1n) is 9.32. The van der Waals surface area contributed by atoms with Gasteiger partial charge in [-0.1, -0.05) is 57.1 Å². The van der Waals surface area contributed by atoms with Crippen molar-refractivity contribution in [3.8, 4) is 0 Å². The molecule has 0 aliphatic rings. The van der Waals surface area contributed by atoms with Crippen LogP contribution in [0.5, 0.6) is 0 Å². The third-order valence-electron chi connectivity index (χ3n) is 5.21. The largest absolute Gasteiger partial charge is 0.443 e. The van der Waals surface area contributed by atoms with Gasteiger partial charge in [0.25, 0.3) is 0 Å². The molecule has 0 spiro atoms. The highest BCUT2D eigenvalue weighted by molar-refractivity contribution is 6.98. The first kappa shape index (κ1) is 20.2. The first-order chi connectivity index (χ1) is 12.2. The quantitative estimate of drug-likeness (QED) is 0.501. The molecule has 2 aromatic rings. The van der Waals surface area contributed by atoms with Crippen LogP contribution in [-0.4, -0.2) is 30.3 Å². The lowest BCUT2D eigenvalue weighted by molar-refractivity contribution is 0.0543. The number of ether oxygens (including phenoxy) is 1. The van der Waals surface area contributed by atoms with Gasteiger partial charge >= 0.3 is 6.09 Å². The number of rotatable bonds is 5. The fourth-order valence-corrected chi connectivity index (χ4v) is 7.06. The van der Waals surface area contributed by atoms with Crippen LogP contribution in [0.1, 0.15) is 47.2 Å². The summed E-state index contributed by atoms with van der Waals surface area (Å²) in [5, 5.41) is 1.61. The van der Waals surface area contributed by atoms with Gasteiger partial charge < -0.3 is 4.74 Å². The highest BCUT2D eigenvalue weighted by Gasteiger charge is 2.37. The van der Waals surface area contributed by atoms with E-state index in [-0.39, 0.29) is 0 Å². The second-order valence-electron chi connectivity index (χ2n) is 7.72. The van der Waals surface area contributed by atoms with E-state index in [4.69, 9.17) is 4.74 Å². The minimum Gasteiger partial charge on any atom is -0.443 e. The molecule has 0 saturated carbocycles. The summed E-state index contributed by atoms with van der Waals surface area (Å²) < 4.78 is 7.19. The number of aromatic nitrogens is 1. The van der Waals surface area contributed by atoms with Crippen molar-refractivity contribution in [1.82, 2.24) is 4.57 Å². The Labute approximate surface area is 156 Å². The molecule has 0 N–H and O–H groups in total. The molecule has 2 rings (SSSR count).